The molecule has 1 aromatic carbocycles. The average molecular weight is 214 g/mol. The average Bonchev–Trinajstić information content (AvgIpc) is 2.14. The Bertz CT molecular complexity index is 221. The van der Waals surface area contributed by atoms with Crippen LogP contribution in [-0.4, -0.2) is 12.6 Å². The molecule has 0 atom stereocenters. The molecule has 0 spiro atoms. The van der Waals surface area contributed by atoms with E-state index < -0.39 is 0 Å². The maximum atomic E-state index is 3.42. The minimum atomic E-state index is 0. The lowest BCUT2D eigenvalue weighted by Crippen LogP contribution is -2.23. The van der Waals surface area contributed by atoms with Crippen molar-refractivity contribution in [3.63, 3.8) is 0 Å². The van der Waals surface area contributed by atoms with Crippen LogP contribution in [0.5, 0.6) is 0 Å². The summed E-state index contributed by atoms with van der Waals surface area (Å²) in [5, 5.41) is 3.42. The quantitative estimate of drug-likeness (QED) is 0.742. The highest BCUT2D eigenvalue weighted by molar-refractivity contribution is 5.85. The summed E-state index contributed by atoms with van der Waals surface area (Å²) in [5.41, 5.74) is 1.44. The minimum Gasteiger partial charge on any atom is -0.315 e. The van der Waals surface area contributed by atoms with E-state index in [0.717, 1.165) is 6.54 Å². The normalized spacial score (nSPS) is 9.93. The van der Waals surface area contributed by atoms with Crippen molar-refractivity contribution in [1.29, 1.82) is 0 Å². The third-order valence-electron chi connectivity index (χ3n) is 2.04. The van der Waals surface area contributed by atoms with Gasteiger partial charge in [0, 0.05) is 6.04 Å². The monoisotopic (exact) mass is 213 g/mol. The maximum Gasteiger partial charge on any atom is 0.00103 e. The molecule has 0 saturated carbocycles. The van der Waals surface area contributed by atoms with Gasteiger partial charge in [0.1, 0.15) is 0 Å². The van der Waals surface area contributed by atoms with Gasteiger partial charge in [-0.05, 0) is 24.9 Å². The Hall–Kier alpha value is -0.530. The number of hydrogen-bond acceptors (Lipinski definition) is 1. The van der Waals surface area contributed by atoms with Crippen molar-refractivity contribution < 1.29 is 0 Å². The van der Waals surface area contributed by atoms with Crippen LogP contribution < -0.4 is 5.32 Å². The molecule has 0 aliphatic carbocycles. The van der Waals surface area contributed by atoms with Crippen LogP contribution in [0.2, 0.25) is 0 Å². The van der Waals surface area contributed by atoms with E-state index in [9.17, 15) is 0 Å². The minimum absolute atomic E-state index is 0. The van der Waals surface area contributed by atoms with Crippen LogP contribution in [0.1, 0.15) is 25.8 Å². The fraction of sp³-hybridized carbons (Fsp3) is 0.500. The molecule has 0 aliphatic heterocycles. The van der Waals surface area contributed by atoms with E-state index in [4.69, 9.17) is 0 Å². The number of benzene rings is 1. The molecular formula is C12H20ClN. The van der Waals surface area contributed by atoms with Gasteiger partial charge in [-0.15, -0.1) is 12.4 Å². The number of aryl methyl sites for hydroxylation is 1. The molecular weight excluding hydrogens is 194 g/mol. The largest absolute Gasteiger partial charge is 0.315 e. The summed E-state index contributed by atoms with van der Waals surface area (Å²) < 4.78 is 0. The zero-order chi connectivity index (χ0) is 9.52. The van der Waals surface area contributed by atoms with Gasteiger partial charge in [0.25, 0.3) is 0 Å². The molecule has 0 aromatic heterocycles. The molecule has 14 heavy (non-hydrogen) atoms. The molecule has 2 heteroatoms. The van der Waals surface area contributed by atoms with E-state index in [0.29, 0.717) is 6.04 Å². The lowest BCUT2D eigenvalue weighted by atomic mass is 10.1. The fourth-order valence-electron chi connectivity index (χ4n) is 1.33. The summed E-state index contributed by atoms with van der Waals surface area (Å²) in [6, 6.07) is 11.3. The highest BCUT2D eigenvalue weighted by Crippen LogP contribution is 2.01. The highest BCUT2D eigenvalue weighted by Gasteiger charge is 1.93. The van der Waals surface area contributed by atoms with Crippen LogP contribution in [0.15, 0.2) is 30.3 Å². The van der Waals surface area contributed by atoms with Gasteiger partial charge in [-0.3, -0.25) is 0 Å². The molecule has 0 radical (unpaired) electrons. The lowest BCUT2D eigenvalue weighted by molar-refractivity contribution is 0.570. The summed E-state index contributed by atoms with van der Waals surface area (Å²) in [6.07, 6.45) is 2.41. The Balaban J connectivity index is 0.00000169. The number of rotatable bonds is 5. The van der Waals surface area contributed by atoms with Crippen molar-refractivity contribution in [2.24, 2.45) is 0 Å². The van der Waals surface area contributed by atoms with Gasteiger partial charge in [0.05, 0.1) is 0 Å². The second-order valence-electron chi connectivity index (χ2n) is 3.70. The Labute approximate surface area is 93.3 Å². The molecule has 0 fully saturated rings. The smallest absolute Gasteiger partial charge is 0.00103 e. The fourth-order valence-corrected chi connectivity index (χ4v) is 1.33. The van der Waals surface area contributed by atoms with Crippen LogP contribution in [0.3, 0.4) is 0 Å². The SMILES string of the molecule is CC(C)NCCCc1ccccc1.Cl. The maximum absolute atomic E-state index is 3.42. The van der Waals surface area contributed by atoms with Gasteiger partial charge in [-0.25, -0.2) is 0 Å². The van der Waals surface area contributed by atoms with E-state index in [-0.39, 0.29) is 12.4 Å². The number of nitrogens with one attached hydrogen (secondary N) is 1. The first kappa shape index (κ1) is 13.5. The van der Waals surface area contributed by atoms with Gasteiger partial charge in [0.2, 0.25) is 0 Å². The van der Waals surface area contributed by atoms with Gasteiger partial charge in [0.15, 0.2) is 0 Å². The zero-order valence-corrected chi connectivity index (χ0v) is 9.81. The van der Waals surface area contributed by atoms with Crippen molar-refractivity contribution in [2.75, 3.05) is 6.54 Å². The van der Waals surface area contributed by atoms with Gasteiger partial charge in [-0.1, -0.05) is 44.2 Å². The highest BCUT2D eigenvalue weighted by atomic mass is 35.5. The first-order valence-corrected chi connectivity index (χ1v) is 5.06. The first-order chi connectivity index (χ1) is 6.29. The van der Waals surface area contributed by atoms with E-state index >= 15 is 0 Å². The van der Waals surface area contributed by atoms with E-state index in [1.807, 2.05) is 0 Å². The van der Waals surface area contributed by atoms with Crippen LogP contribution >= 0.6 is 12.4 Å². The summed E-state index contributed by atoms with van der Waals surface area (Å²) >= 11 is 0. The summed E-state index contributed by atoms with van der Waals surface area (Å²) in [5.74, 6) is 0. The molecule has 80 valence electrons. The molecule has 0 unspecified atom stereocenters. The molecule has 0 heterocycles. The van der Waals surface area contributed by atoms with E-state index in [1.165, 1.54) is 18.4 Å². The standard InChI is InChI=1S/C12H19N.ClH/c1-11(2)13-10-6-9-12-7-4-3-5-8-12;/h3-5,7-8,11,13H,6,9-10H2,1-2H3;1H. The molecule has 1 aromatic rings. The van der Waals surface area contributed by atoms with Crippen molar-refractivity contribution in [1.82, 2.24) is 5.32 Å². The van der Waals surface area contributed by atoms with Crippen molar-refractivity contribution >= 4 is 12.4 Å². The van der Waals surface area contributed by atoms with Crippen molar-refractivity contribution in [3.8, 4) is 0 Å². The summed E-state index contributed by atoms with van der Waals surface area (Å²) in [7, 11) is 0. The molecule has 0 bridgehead atoms. The Kier molecular flexibility index (Phi) is 7.54. The molecule has 1 nitrogen and oxygen atoms in total. The second-order valence-corrected chi connectivity index (χ2v) is 3.70. The second kappa shape index (κ2) is 7.84. The van der Waals surface area contributed by atoms with Crippen LogP contribution in [-0.2, 0) is 6.42 Å². The summed E-state index contributed by atoms with van der Waals surface area (Å²) in [6.45, 7) is 5.48. The number of halogens is 1. The molecule has 1 N–H and O–H groups in total. The van der Waals surface area contributed by atoms with Crippen LogP contribution in [0.25, 0.3) is 0 Å². The molecule has 0 saturated heterocycles. The van der Waals surface area contributed by atoms with E-state index in [1.54, 1.807) is 0 Å². The Morgan fingerprint density at radius 1 is 1.14 bits per heavy atom. The zero-order valence-electron chi connectivity index (χ0n) is 8.99. The molecule has 0 aliphatic rings. The summed E-state index contributed by atoms with van der Waals surface area (Å²) in [4.78, 5) is 0. The predicted molar refractivity (Wildman–Crippen MR) is 65.1 cm³/mol. The molecule has 0 amide bonds. The van der Waals surface area contributed by atoms with Crippen molar-refractivity contribution in [3.05, 3.63) is 35.9 Å². The number of hydrogen-bond donors (Lipinski definition) is 1. The van der Waals surface area contributed by atoms with Gasteiger partial charge in [-0.2, -0.15) is 0 Å². The Morgan fingerprint density at radius 2 is 1.79 bits per heavy atom. The topological polar surface area (TPSA) is 12.0 Å². The van der Waals surface area contributed by atoms with E-state index in [2.05, 4.69) is 49.5 Å². The van der Waals surface area contributed by atoms with Gasteiger partial charge < -0.3 is 5.32 Å². The predicted octanol–water partition coefficient (Wildman–Crippen LogP) is 3.04. The molecule has 1 rings (SSSR count). The third kappa shape index (κ3) is 6.01. The van der Waals surface area contributed by atoms with Crippen molar-refractivity contribution in [2.45, 2.75) is 32.7 Å². The van der Waals surface area contributed by atoms with Crippen LogP contribution in [0.4, 0.5) is 0 Å². The van der Waals surface area contributed by atoms with Gasteiger partial charge >= 0.3 is 0 Å². The van der Waals surface area contributed by atoms with Crippen LogP contribution in [0, 0.1) is 0 Å². The lowest BCUT2D eigenvalue weighted by Gasteiger charge is -2.07. The Morgan fingerprint density at radius 3 is 2.36 bits per heavy atom. The first-order valence-electron chi connectivity index (χ1n) is 5.06. The third-order valence-corrected chi connectivity index (χ3v) is 2.04.